The molecule has 20 heteroatoms. The summed E-state index contributed by atoms with van der Waals surface area (Å²) in [6, 6.07) is 21.5. The number of nitrogens with two attached hydrogens (primary N) is 1. The molecule has 2 atom stereocenters. The summed E-state index contributed by atoms with van der Waals surface area (Å²) in [7, 11) is -2.11. The van der Waals surface area contributed by atoms with Gasteiger partial charge in [0.1, 0.15) is 53.8 Å². The van der Waals surface area contributed by atoms with E-state index in [0.717, 1.165) is 29.9 Å². The number of aromatic hydroxyl groups is 1. The highest BCUT2D eigenvalue weighted by Crippen LogP contribution is 2.32. The van der Waals surface area contributed by atoms with Gasteiger partial charge in [0.15, 0.2) is 10.3 Å². The minimum Gasteiger partial charge on any atom is -0.508 e. The molecule has 0 radical (unpaired) electrons. The first-order valence-electron chi connectivity index (χ1n) is 17.3. The molecular weight excluding hydrogens is 811 g/mol. The van der Waals surface area contributed by atoms with Crippen LogP contribution in [0.3, 0.4) is 0 Å². The monoisotopic (exact) mass is 847 g/mol. The highest BCUT2D eigenvalue weighted by Gasteiger charge is 2.40. The topological polar surface area (TPSA) is 202 Å². The Morgan fingerprint density at radius 2 is 1.64 bits per heavy atom. The van der Waals surface area contributed by atoms with Crippen LogP contribution in [-0.2, 0) is 32.7 Å². The van der Waals surface area contributed by atoms with Crippen molar-refractivity contribution in [1.82, 2.24) is 5.16 Å². The minimum atomic E-state index is -5.08. The molecule has 0 bridgehead atoms. The molecule has 5 aromatic rings. The number of alkyl halides is 3. The van der Waals surface area contributed by atoms with E-state index in [-0.39, 0.29) is 27.9 Å². The third-order valence-electron chi connectivity index (χ3n) is 8.84. The van der Waals surface area contributed by atoms with Gasteiger partial charge >= 0.3 is 28.3 Å². The molecule has 3 heterocycles. The number of aliphatic carboxylic acids is 1. The molecule has 1 saturated heterocycles. The number of carboxylic acid groups (broad SMARTS) is 1. The quantitative estimate of drug-likeness (QED) is 0.0516. The number of hydrogen-bond acceptors (Lipinski definition) is 10. The zero-order valence-corrected chi connectivity index (χ0v) is 32.2. The van der Waals surface area contributed by atoms with Crippen LogP contribution in [0.5, 0.6) is 11.5 Å². The second-order valence-electron chi connectivity index (χ2n) is 13.4. The molecule has 58 heavy (non-hydrogen) atoms. The molecule has 306 valence electrons. The van der Waals surface area contributed by atoms with Gasteiger partial charge in [0, 0.05) is 30.9 Å². The summed E-state index contributed by atoms with van der Waals surface area (Å²) < 4.78 is 83.4. The van der Waals surface area contributed by atoms with Gasteiger partial charge in [-0.2, -0.15) is 31.0 Å². The van der Waals surface area contributed by atoms with Gasteiger partial charge in [-0.1, -0.05) is 29.4 Å². The van der Waals surface area contributed by atoms with Crippen LogP contribution in [0, 0.1) is 5.82 Å². The van der Waals surface area contributed by atoms with E-state index < -0.39 is 40.2 Å². The molecule has 2 aromatic heterocycles. The predicted molar refractivity (Wildman–Crippen MR) is 202 cm³/mol. The van der Waals surface area contributed by atoms with E-state index in [0.29, 0.717) is 51.5 Å². The van der Waals surface area contributed by atoms with Gasteiger partial charge in [-0.05, 0) is 66.2 Å². The number of rotatable bonds is 11. The fraction of sp³-hybridized carbons (Fsp3) is 0.237. The lowest BCUT2D eigenvalue weighted by Gasteiger charge is -2.38. The van der Waals surface area contributed by atoms with E-state index in [4.69, 9.17) is 24.3 Å². The van der Waals surface area contributed by atoms with Crippen molar-refractivity contribution in [3.8, 4) is 22.1 Å². The summed E-state index contributed by atoms with van der Waals surface area (Å²) in [6.45, 7) is 1.80. The molecule has 1 aliphatic rings. The number of quaternary nitrogens is 1. The third-order valence-corrected chi connectivity index (χ3v) is 11.6. The van der Waals surface area contributed by atoms with Crippen molar-refractivity contribution < 1.29 is 68.3 Å². The fourth-order valence-electron chi connectivity index (χ4n) is 6.18. The lowest BCUT2D eigenvalue weighted by molar-refractivity contribution is -0.918. The van der Waals surface area contributed by atoms with Crippen LogP contribution in [0.1, 0.15) is 24.0 Å². The van der Waals surface area contributed by atoms with Gasteiger partial charge in [0.05, 0.1) is 18.5 Å². The number of hydrogen-bond donors (Lipinski definition) is 4. The Morgan fingerprint density at radius 3 is 2.22 bits per heavy atom. The molecule has 0 saturated carbocycles. The Labute approximate surface area is 333 Å². The number of thiophene rings is 1. The van der Waals surface area contributed by atoms with Crippen molar-refractivity contribution in [3.05, 3.63) is 114 Å². The number of halogens is 4. The van der Waals surface area contributed by atoms with Gasteiger partial charge in [-0.15, -0.1) is 11.3 Å². The Kier molecular flexibility index (Phi) is 13.3. The van der Waals surface area contributed by atoms with E-state index in [1.807, 2.05) is 0 Å². The van der Waals surface area contributed by atoms with Crippen molar-refractivity contribution in [2.45, 2.75) is 42.2 Å². The lowest BCUT2D eigenvalue weighted by atomic mass is 10.0. The first-order valence-corrected chi connectivity index (χ1v) is 19.5. The standard InChI is InChI=1S/C36H34FN5O7S2.C2HF3O2/c1-42(22-25-4-8-26(37)9-5-25)19-2-3-28(23-42)41(32(35(38)44)21-24-6-12-29(43)13-7-24)36(45)39-27-10-14-30(15-11-27)49-51(46,47)34-17-16-33(50-34)31-18-20-48-40-31;3-2(4,5)1(6)7/h4-18,20,32H,2-3,19,21-23H2,1H3,(H2-2,38,39,43,44,45);(H,6,7)/p+2/b41-28+;/t32-,42?;/m0./s1. The highest BCUT2D eigenvalue weighted by atomic mass is 32.3. The van der Waals surface area contributed by atoms with Crippen molar-refractivity contribution in [3.63, 3.8) is 0 Å². The highest BCUT2D eigenvalue weighted by molar-refractivity contribution is 7.89. The van der Waals surface area contributed by atoms with Gasteiger partial charge in [0.25, 0.3) is 5.91 Å². The number of phenolic OH excluding ortho intramolecular Hbond substituents is 1. The zero-order valence-electron chi connectivity index (χ0n) is 30.6. The van der Waals surface area contributed by atoms with Crippen molar-refractivity contribution in [2.24, 2.45) is 5.73 Å². The maximum absolute atomic E-state index is 14.2. The summed E-state index contributed by atoms with van der Waals surface area (Å²) >= 11 is 0.985. The molecule has 1 fully saturated rings. The molecule has 0 spiro atoms. The van der Waals surface area contributed by atoms with Crippen LogP contribution in [-0.4, -0.2) is 88.8 Å². The van der Waals surface area contributed by atoms with E-state index in [1.54, 1.807) is 36.4 Å². The molecule has 3 amide bonds. The third kappa shape index (κ3) is 11.5. The largest absolute Gasteiger partial charge is 0.508 e. The number of amides is 3. The van der Waals surface area contributed by atoms with Gasteiger partial charge in [-0.3, -0.25) is 4.79 Å². The number of primary amides is 1. The van der Waals surface area contributed by atoms with Crippen molar-refractivity contribution >= 4 is 50.8 Å². The van der Waals surface area contributed by atoms with Gasteiger partial charge < -0.3 is 29.1 Å². The second kappa shape index (κ2) is 18.0. The Morgan fingerprint density at radius 1 is 1.00 bits per heavy atom. The maximum atomic E-state index is 14.2. The number of nitrogens with one attached hydrogen (secondary N) is 1. The Balaban J connectivity index is 0.000000839. The number of benzene rings is 3. The Hall–Kier alpha value is -6.12. The van der Waals surface area contributed by atoms with Gasteiger partial charge in [0.2, 0.25) is 0 Å². The number of piperidine rings is 1. The maximum Gasteiger partial charge on any atom is 0.496 e. The second-order valence-corrected chi connectivity index (χ2v) is 16.3. The molecule has 1 unspecified atom stereocenters. The molecular formula is C38H37F4N5O9S2+2. The van der Waals surface area contributed by atoms with E-state index >= 15 is 0 Å². The van der Waals surface area contributed by atoms with Crippen LogP contribution in [0.2, 0.25) is 0 Å². The first kappa shape index (κ1) is 43.0. The summed E-state index contributed by atoms with van der Waals surface area (Å²) in [5.41, 5.74) is 9.13. The Bertz CT molecular complexity index is 2370. The number of phenols is 1. The number of carbonyl (C=O) groups excluding carboxylic acids is 2. The normalized spacial score (nSPS) is 17.0. The number of carbonyl (C=O) groups is 3. The van der Waals surface area contributed by atoms with Crippen LogP contribution < -0.4 is 15.2 Å². The van der Waals surface area contributed by atoms with Crippen LogP contribution >= 0.6 is 11.3 Å². The van der Waals surface area contributed by atoms with Crippen LogP contribution in [0.25, 0.3) is 10.6 Å². The summed E-state index contributed by atoms with van der Waals surface area (Å²) in [5, 5.41) is 23.6. The zero-order chi connectivity index (χ0) is 42.3. The van der Waals surface area contributed by atoms with Crippen LogP contribution in [0.15, 0.2) is 106 Å². The summed E-state index contributed by atoms with van der Waals surface area (Å²) in [5.74, 6) is -3.70. The van der Waals surface area contributed by atoms with Crippen LogP contribution in [0.4, 0.5) is 28.0 Å². The number of nitrogens with zero attached hydrogens (tertiary/aromatic N) is 3. The summed E-state index contributed by atoms with van der Waals surface area (Å²) in [4.78, 5) is 36.7. The average molecular weight is 848 g/mol. The van der Waals surface area contributed by atoms with E-state index in [1.165, 1.54) is 65.4 Å². The molecule has 0 aliphatic carbocycles. The fourth-order valence-corrected chi connectivity index (χ4v) is 8.34. The average Bonchev–Trinajstić information content (AvgIpc) is 3.88. The van der Waals surface area contributed by atoms with Crippen molar-refractivity contribution in [2.75, 3.05) is 25.5 Å². The van der Waals surface area contributed by atoms with Crippen molar-refractivity contribution in [1.29, 1.82) is 0 Å². The first-order chi connectivity index (χ1) is 27.3. The SMILES string of the molecule is C[N+]1(Cc2ccc(F)cc2)CCC/C(=[N+](\C(=O)Nc2ccc(OS(=O)(=O)c3ccc(-c4ccon4)s3)cc2)[C@@H](Cc2ccc(O)cc2)C(N)=O)C1.O=C(O)C(F)(F)F. The number of carboxylic acids is 1. The molecule has 14 nitrogen and oxygen atoms in total. The number of anilines is 1. The number of urea groups is 1. The number of aromatic nitrogens is 1. The summed E-state index contributed by atoms with van der Waals surface area (Å²) in [6.07, 6.45) is -2.33. The molecule has 3 aromatic carbocycles. The number of likely N-dealkylation sites (tertiary alicyclic amines) is 1. The molecule has 6 rings (SSSR count). The lowest BCUT2D eigenvalue weighted by Crippen LogP contribution is -2.56. The molecule has 5 N–H and O–H groups in total. The predicted octanol–water partition coefficient (Wildman–Crippen LogP) is 6.17. The molecule has 1 aliphatic heterocycles. The minimum absolute atomic E-state index is 0.0195. The smallest absolute Gasteiger partial charge is 0.496 e. The van der Waals surface area contributed by atoms with Gasteiger partial charge in [-0.25, -0.2) is 14.5 Å². The van der Waals surface area contributed by atoms with E-state index in [9.17, 15) is 40.7 Å². The van der Waals surface area contributed by atoms with E-state index in [2.05, 4.69) is 17.5 Å².